The predicted molar refractivity (Wildman–Crippen MR) is 44.8 cm³/mol. The van der Waals surface area contributed by atoms with Crippen LogP contribution in [0.5, 0.6) is 0 Å². The van der Waals surface area contributed by atoms with Crippen LogP contribution >= 0.6 is 0 Å². The number of amides is 2. The third-order valence-corrected chi connectivity index (χ3v) is 1.93. The Morgan fingerprint density at radius 3 is 1.79 bits per heavy atom. The summed E-state index contributed by atoms with van der Waals surface area (Å²) in [7, 11) is 2.79. The van der Waals surface area contributed by atoms with Gasteiger partial charge in [0.15, 0.2) is 12.5 Å². The van der Waals surface area contributed by atoms with Crippen molar-refractivity contribution in [3.05, 3.63) is 0 Å². The number of aliphatic hydroxyl groups is 2. The summed E-state index contributed by atoms with van der Waals surface area (Å²) in [6.45, 7) is -0.144. The quantitative estimate of drug-likeness (QED) is 0.589. The van der Waals surface area contributed by atoms with Crippen molar-refractivity contribution >= 4 is 6.03 Å². The van der Waals surface area contributed by atoms with E-state index in [4.69, 9.17) is 9.47 Å². The molecule has 2 atom stereocenters. The van der Waals surface area contributed by atoms with Crippen LogP contribution in [0.1, 0.15) is 0 Å². The molecule has 0 spiro atoms. The molecule has 0 aromatic carbocycles. The fourth-order valence-corrected chi connectivity index (χ4v) is 1.25. The van der Waals surface area contributed by atoms with Crippen molar-refractivity contribution in [2.45, 2.75) is 12.5 Å². The molecule has 0 aliphatic carbocycles. The third-order valence-electron chi connectivity index (χ3n) is 1.93. The number of ether oxygens (including phenoxy) is 2. The van der Waals surface area contributed by atoms with Gasteiger partial charge >= 0.3 is 6.03 Å². The standard InChI is InChI=1S/C7H14N2O5/c1-13-3-8-5(10)6(11)9(4-14-2)7(8)12/h5-6,10-11H,3-4H2,1-2H3. The number of hydrogen-bond acceptors (Lipinski definition) is 5. The molecule has 1 aliphatic heterocycles. The molecule has 1 rings (SSSR count). The Morgan fingerprint density at radius 2 is 1.50 bits per heavy atom. The zero-order valence-corrected chi connectivity index (χ0v) is 8.08. The topological polar surface area (TPSA) is 82.5 Å². The minimum atomic E-state index is -1.28. The van der Waals surface area contributed by atoms with Gasteiger partial charge in [0.1, 0.15) is 13.5 Å². The molecule has 1 saturated heterocycles. The number of urea groups is 1. The lowest BCUT2D eigenvalue weighted by molar-refractivity contribution is -0.0994. The van der Waals surface area contributed by atoms with E-state index in [9.17, 15) is 15.0 Å². The molecule has 0 aromatic heterocycles. The molecule has 7 nitrogen and oxygen atoms in total. The number of rotatable bonds is 4. The van der Waals surface area contributed by atoms with Crippen molar-refractivity contribution in [2.24, 2.45) is 0 Å². The van der Waals surface area contributed by atoms with Crippen molar-refractivity contribution in [1.29, 1.82) is 0 Å². The maximum atomic E-state index is 11.5. The molecule has 1 aliphatic rings. The van der Waals surface area contributed by atoms with Crippen LogP contribution in [0.2, 0.25) is 0 Å². The molecular formula is C7H14N2O5. The number of methoxy groups -OCH3 is 2. The Hall–Kier alpha value is -0.890. The Morgan fingerprint density at radius 1 is 1.14 bits per heavy atom. The molecular weight excluding hydrogens is 192 g/mol. The summed E-state index contributed by atoms with van der Waals surface area (Å²) in [5.74, 6) is 0. The van der Waals surface area contributed by atoms with E-state index in [1.165, 1.54) is 14.2 Å². The molecule has 2 N–H and O–H groups in total. The van der Waals surface area contributed by atoms with Gasteiger partial charge in [-0.25, -0.2) is 4.79 Å². The van der Waals surface area contributed by atoms with Crippen molar-refractivity contribution in [2.75, 3.05) is 27.7 Å². The molecule has 14 heavy (non-hydrogen) atoms. The smallest absolute Gasteiger partial charge is 0.328 e. The summed E-state index contributed by atoms with van der Waals surface area (Å²) in [6.07, 6.45) is -2.56. The van der Waals surface area contributed by atoms with E-state index in [1.54, 1.807) is 0 Å². The van der Waals surface area contributed by atoms with Crippen molar-refractivity contribution < 1.29 is 24.5 Å². The van der Waals surface area contributed by atoms with E-state index in [1.807, 2.05) is 0 Å². The average molecular weight is 206 g/mol. The van der Waals surface area contributed by atoms with Crippen molar-refractivity contribution in [3.8, 4) is 0 Å². The normalized spacial score (nSPS) is 27.6. The van der Waals surface area contributed by atoms with E-state index in [-0.39, 0.29) is 13.5 Å². The average Bonchev–Trinajstić information content (AvgIpc) is 2.36. The van der Waals surface area contributed by atoms with Crippen molar-refractivity contribution in [3.63, 3.8) is 0 Å². The minimum Gasteiger partial charge on any atom is -0.369 e. The van der Waals surface area contributed by atoms with Gasteiger partial charge in [-0.1, -0.05) is 0 Å². The van der Waals surface area contributed by atoms with Gasteiger partial charge in [-0.2, -0.15) is 0 Å². The van der Waals surface area contributed by atoms with Gasteiger partial charge in [0.2, 0.25) is 0 Å². The van der Waals surface area contributed by atoms with Crippen LogP contribution in [0.4, 0.5) is 4.79 Å². The third kappa shape index (κ3) is 1.80. The van der Waals surface area contributed by atoms with Crippen LogP contribution in [-0.4, -0.2) is 66.2 Å². The van der Waals surface area contributed by atoms with Gasteiger partial charge in [-0.05, 0) is 0 Å². The summed E-state index contributed by atoms with van der Waals surface area (Å²) in [5.41, 5.74) is 0. The molecule has 0 saturated carbocycles. The molecule has 0 radical (unpaired) electrons. The Labute approximate surface area is 81.4 Å². The fourth-order valence-electron chi connectivity index (χ4n) is 1.25. The lowest BCUT2D eigenvalue weighted by atomic mass is 10.5. The number of hydrogen-bond donors (Lipinski definition) is 2. The highest BCUT2D eigenvalue weighted by Gasteiger charge is 2.43. The van der Waals surface area contributed by atoms with E-state index in [0.29, 0.717) is 0 Å². The highest BCUT2D eigenvalue weighted by Crippen LogP contribution is 2.18. The molecule has 82 valence electrons. The molecule has 2 amide bonds. The fraction of sp³-hybridized carbons (Fsp3) is 0.857. The van der Waals surface area contributed by atoms with Crippen LogP contribution in [0.15, 0.2) is 0 Å². The van der Waals surface area contributed by atoms with Gasteiger partial charge < -0.3 is 19.7 Å². The summed E-state index contributed by atoms with van der Waals surface area (Å²) in [5, 5.41) is 18.9. The maximum Gasteiger partial charge on any atom is 0.328 e. The maximum absolute atomic E-state index is 11.5. The van der Waals surface area contributed by atoms with Gasteiger partial charge in [0.25, 0.3) is 0 Å². The number of nitrogens with zero attached hydrogens (tertiary/aromatic N) is 2. The van der Waals surface area contributed by atoms with Crippen LogP contribution in [0, 0.1) is 0 Å². The second-order valence-electron chi connectivity index (χ2n) is 2.88. The second-order valence-corrected chi connectivity index (χ2v) is 2.88. The summed E-state index contributed by atoms with van der Waals surface area (Å²) in [4.78, 5) is 13.5. The van der Waals surface area contributed by atoms with Crippen LogP contribution in [-0.2, 0) is 9.47 Å². The second kappa shape index (κ2) is 4.56. The summed E-state index contributed by atoms with van der Waals surface area (Å²) < 4.78 is 9.42. The molecule has 1 heterocycles. The van der Waals surface area contributed by atoms with Gasteiger partial charge in [-0.15, -0.1) is 0 Å². The zero-order valence-electron chi connectivity index (χ0n) is 8.08. The van der Waals surface area contributed by atoms with Crippen LogP contribution in [0.25, 0.3) is 0 Å². The number of carbonyl (C=O) groups is 1. The lowest BCUT2D eigenvalue weighted by Gasteiger charge is -2.17. The zero-order chi connectivity index (χ0) is 10.7. The Balaban J connectivity index is 2.69. The molecule has 7 heteroatoms. The van der Waals surface area contributed by atoms with Crippen molar-refractivity contribution in [1.82, 2.24) is 9.80 Å². The van der Waals surface area contributed by atoms with Gasteiger partial charge in [-0.3, -0.25) is 9.80 Å². The van der Waals surface area contributed by atoms with Gasteiger partial charge in [0.05, 0.1) is 0 Å². The molecule has 1 fully saturated rings. The van der Waals surface area contributed by atoms with E-state index in [2.05, 4.69) is 0 Å². The first-order chi connectivity index (χ1) is 6.63. The first kappa shape index (κ1) is 11.2. The largest absolute Gasteiger partial charge is 0.369 e. The first-order valence-corrected chi connectivity index (χ1v) is 4.04. The lowest BCUT2D eigenvalue weighted by Crippen LogP contribution is -2.38. The summed E-state index contributed by atoms with van der Waals surface area (Å²) in [6, 6.07) is -0.520. The first-order valence-electron chi connectivity index (χ1n) is 4.04. The minimum absolute atomic E-state index is 0.0721. The highest BCUT2D eigenvalue weighted by molar-refractivity contribution is 5.77. The van der Waals surface area contributed by atoms with Gasteiger partial charge in [0, 0.05) is 14.2 Å². The molecule has 2 unspecified atom stereocenters. The van der Waals surface area contributed by atoms with E-state index in [0.717, 1.165) is 9.80 Å². The number of carbonyl (C=O) groups excluding carboxylic acids is 1. The summed E-state index contributed by atoms with van der Waals surface area (Å²) >= 11 is 0. The monoisotopic (exact) mass is 206 g/mol. The number of aliphatic hydroxyl groups excluding tert-OH is 2. The van der Waals surface area contributed by atoms with E-state index < -0.39 is 18.5 Å². The predicted octanol–water partition coefficient (Wildman–Crippen LogP) is -1.43. The molecule has 0 aromatic rings. The SMILES string of the molecule is COCN1C(=O)N(COC)C(O)C1O. The van der Waals surface area contributed by atoms with E-state index >= 15 is 0 Å². The highest BCUT2D eigenvalue weighted by atomic mass is 16.5. The Bertz CT molecular complexity index is 192. The van der Waals surface area contributed by atoms with Crippen LogP contribution < -0.4 is 0 Å². The Kier molecular flexibility index (Phi) is 3.64. The molecule has 0 bridgehead atoms. The van der Waals surface area contributed by atoms with Crippen LogP contribution in [0.3, 0.4) is 0 Å².